The van der Waals surface area contributed by atoms with Crippen LogP contribution in [-0.2, 0) is 16.6 Å². The molecule has 0 aliphatic heterocycles. The second-order valence-corrected chi connectivity index (χ2v) is 7.35. The number of hydrogen-bond donors (Lipinski definition) is 2. The Morgan fingerprint density at radius 3 is 2.79 bits per heavy atom. The first-order valence-corrected chi connectivity index (χ1v) is 8.88. The number of methoxy groups -OCH3 is 1. The van der Waals surface area contributed by atoms with Crippen molar-refractivity contribution in [3.05, 3.63) is 34.7 Å². The molecule has 2 N–H and O–H groups in total. The topological polar surface area (TPSA) is 146 Å². The number of H-pyrrole nitrogens is 1. The van der Waals surface area contributed by atoms with Gasteiger partial charge in [0.25, 0.3) is 11.7 Å². The number of nitriles is 1. The van der Waals surface area contributed by atoms with Gasteiger partial charge in [-0.2, -0.15) is 15.5 Å². The first kappa shape index (κ1) is 20.0. The molecule has 1 aliphatic carbocycles. The number of nitrogens with zero attached hydrogens (tertiary/aromatic N) is 4. The highest BCUT2D eigenvalue weighted by molar-refractivity contribution is 6.50. The summed E-state index contributed by atoms with van der Waals surface area (Å²) in [6.45, 7) is 5.68. The number of hydrogen-bond acceptors (Lipinski definition) is 9. The lowest BCUT2D eigenvalue weighted by molar-refractivity contribution is 0.0599. The van der Waals surface area contributed by atoms with Gasteiger partial charge in [0.05, 0.1) is 18.5 Å². The number of anilines is 1. The average Bonchev–Trinajstić information content (AvgIpc) is 3.31. The van der Waals surface area contributed by atoms with Gasteiger partial charge in [-0.1, -0.05) is 26.8 Å². The number of esters is 1. The fraction of sp³-hybridized carbons (Fsp3) is 0.368. The molecular formula is C19H20N6O4. The average molecular weight is 396 g/mol. The lowest BCUT2D eigenvalue weighted by atomic mass is 9.89. The predicted molar refractivity (Wildman–Crippen MR) is 103 cm³/mol. The van der Waals surface area contributed by atoms with Crippen LogP contribution in [0.15, 0.2) is 15.6 Å². The van der Waals surface area contributed by atoms with Gasteiger partial charge in [0, 0.05) is 5.41 Å². The first-order valence-electron chi connectivity index (χ1n) is 8.88. The van der Waals surface area contributed by atoms with Crippen LogP contribution in [0.3, 0.4) is 0 Å². The van der Waals surface area contributed by atoms with E-state index in [-0.39, 0.29) is 17.3 Å². The van der Waals surface area contributed by atoms with Crippen LogP contribution in [0.25, 0.3) is 6.08 Å². The van der Waals surface area contributed by atoms with Gasteiger partial charge >= 0.3 is 5.97 Å². The molecule has 0 fully saturated rings. The molecule has 3 rings (SSSR count). The lowest BCUT2D eigenvalue weighted by Crippen LogP contribution is -2.18. The van der Waals surface area contributed by atoms with Crippen molar-refractivity contribution in [3.8, 4) is 6.07 Å². The molecule has 1 aliphatic rings. The number of carbonyl (C=O) groups is 2. The summed E-state index contributed by atoms with van der Waals surface area (Å²) in [4.78, 5) is 28.9. The number of allylic oxidation sites excluding steroid dienone is 1. The Hall–Kier alpha value is -3.74. The molecule has 10 heteroatoms. The molecule has 2 aromatic rings. The zero-order valence-corrected chi connectivity index (χ0v) is 16.5. The van der Waals surface area contributed by atoms with E-state index >= 15 is 0 Å². The minimum Gasteiger partial charge on any atom is -0.465 e. The monoisotopic (exact) mass is 396 g/mol. The lowest BCUT2D eigenvalue weighted by Gasteiger charge is -2.17. The van der Waals surface area contributed by atoms with Crippen molar-refractivity contribution in [2.24, 2.45) is 5.10 Å². The molecule has 0 atom stereocenters. The van der Waals surface area contributed by atoms with E-state index in [1.54, 1.807) is 12.1 Å². The Morgan fingerprint density at radius 2 is 2.17 bits per heavy atom. The van der Waals surface area contributed by atoms with Crippen LogP contribution in [-0.4, -0.2) is 39.8 Å². The minimum absolute atomic E-state index is 0.0388. The zero-order valence-electron chi connectivity index (χ0n) is 16.5. The fourth-order valence-electron chi connectivity index (χ4n) is 2.78. The van der Waals surface area contributed by atoms with Crippen molar-refractivity contribution in [2.75, 3.05) is 12.5 Å². The Kier molecular flexibility index (Phi) is 5.32. The van der Waals surface area contributed by atoms with E-state index < -0.39 is 22.9 Å². The quantitative estimate of drug-likeness (QED) is 0.339. The SMILES string of the molecule is COC(=O)c1c(NN=C(C#N)C(=O)c2nc3c(o2)C=CCC3)n[nH]c1C(C)(C)C. The number of aromatic amines is 1. The number of carbonyl (C=O) groups excluding carboxylic acids is 2. The van der Waals surface area contributed by atoms with Crippen molar-refractivity contribution in [3.63, 3.8) is 0 Å². The highest BCUT2D eigenvalue weighted by atomic mass is 16.5. The van der Waals surface area contributed by atoms with E-state index in [2.05, 4.69) is 25.7 Å². The van der Waals surface area contributed by atoms with E-state index in [1.165, 1.54) is 7.11 Å². The summed E-state index contributed by atoms with van der Waals surface area (Å²) < 4.78 is 10.2. The number of fused-ring (bicyclic) bond motifs is 1. The van der Waals surface area contributed by atoms with Crippen LogP contribution in [0.5, 0.6) is 0 Å². The van der Waals surface area contributed by atoms with Crippen LogP contribution in [0.2, 0.25) is 0 Å². The van der Waals surface area contributed by atoms with E-state index in [4.69, 9.17) is 9.15 Å². The molecule has 0 bridgehead atoms. The molecule has 0 radical (unpaired) electrons. The number of ether oxygens (including phenoxy) is 1. The molecule has 0 saturated carbocycles. The first-order chi connectivity index (χ1) is 13.8. The highest BCUT2D eigenvalue weighted by Gasteiger charge is 2.29. The van der Waals surface area contributed by atoms with E-state index in [0.29, 0.717) is 23.6 Å². The molecule has 2 heterocycles. The maximum Gasteiger partial charge on any atom is 0.343 e. The normalized spacial score (nSPS) is 13.6. The number of nitrogens with one attached hydrogen (secondary N) is 2. The summed E-state index contributed by atoms with van der Waals surface area (Å²) in [7, 11) is 1.25. The second kappa shape index (κ2) is 7.71. The van der Waals surface area contributed by atoms with Crippen molar-refractivity contribution in [1.29, 1.82) is 5.26 Å². The van der Waals surface area contributed by atoms with Gasteiger partial charge in [-0.15, -0.1) is 0 Å². The van der Waals surface area contributed by atoms with Crippen LogP contribution >= 0.6 is 0 Å². The number of oxazole rings is 1. The van der Waals surface area contributed by atoms with Gasteiger partial charge in [-0.25, -0.2) is 9.78 Å². The van der Waals surface area contributed by atoms with Gasteiger partial charge < -0.3 is 9.15 Å². The molecule has 0 amide bonds. The number of aromatic nitrogens is 3. The second-order valence-electron chi connectivity index (χ2n) is 7.35. The van der Waals surface area contributed by atoms with E-state index in [9.17, 15) is 14.9 Å². The van der Waals surface area contributed by atoms with Gasteiger partial charge in [0.1, 0.15) is 11.6 Å². The third kappa shape index (κ3) is 3.94. The Labute approximate surface area is 166 Å². The van der Waals surface area contributed by atoms with Gasteiger partial charge in [0.15, 0.2) is 11.6 Å². The molecule has 0 unspecified atom stereocenters. The third-order valence-electron chi connectivity index (χ3n) is 4.24. The van der Waals surface area contributed by atoms with E-state index in [1.807, 2.05) is 26.8 Å². The molecule has 10 nitrogen and oxygen atoms in total. The summed E-state index contributed by atoms with van der Waals surface area (Å²) in [5, 5.41) is 20.0. The molecule has 0 aromatic carbocycles. The van der Waals surface area contributed by atoms with Crippen molar-refractivity contribution in [2.45, 2.75) is 39.0 Å². The molecule has 150 valence electrons. The van der Waals surface area contributed by atoms with Crippen molar-refractivity contribution >= 4 is 29.4 Å². The third-order valence-corrected chi connectivity index (χ3v) is 4.24. The Morgan fingerprint density at radius 1 is 1.41 bits per heavy atom. The summed E-state index contributed by atoms with van der Waals surface area (Å²) in [6, 6.07) is 1.72. The number of aryl methyl sites for hydroxylation is 1. The number of hydrazone groups is 1. The summed E-state index contributed by atoms with van der Waals surface area (Å²) in [5.74, 6) is -1.07. The van der Waals surface area contributed by atoms with Crippen molar-refractivity contribution in [1.82, 2.24) is 15.2 Å². The molecule has 29 heavy (non-hydrogen) atoms. The van der Waals surface area contributed by atoms with Crippen LogP contribution < -0.4 is 5.43 Å². The summed E-state index contributed by atoms with van der Waals surface area (Å²) >= 11 is 0. The predicted octanol–water partition coefficient (Wildman–Crippen LogP) is 2.62. The molecule has 0 spiro atoms. The minimum atomic E-state index is -0.769. The number of rotatable bonds is 5. The van der Waals surface area contributed by atoms with Crippen LogP contribution in [0, 0.1) is 11.3 Å². The Bertz CT molecular complexity index is 1060. The molecule has 2 aromatic heterocycles. The molecule has 0 saturated heterocycles. The maximum atomic E-state index is 12.6. The van der Waals surface area contributed by atoms with Gasteiger partial charge in [-0.05, 0) is 18.9 Å². The largest absolute Gasteiger partial charge is 0.465 e. The Balaban J connectivity index is 1.90. The van der Waals surface area contributed by atoms with Gasteiger partial charge in [0.2, 0.25) is 5.71 Å². The summed E-state index contributed by atoms with van der Waals surface area (Å²) in [5.41, 5.74) is 2.92. The van der Waals surface area contributed by atoms with E-state index in [0.717, 1.165) is 6.42 Å². The standard InChI is InChI=1S/C19H20N6O4/c1-19(2,3)15-13(18(27)28-4)16(25-23-15)24-22-11(9-20)14(26)17-21-10-7-5-6-8-12(10)29-17/h6,8H,5,7H2,1-4H3,(H2,23,24,25). The van der Waals surface area contributed by atoms with Crippen molar-refractivity contribution < 1.29 is 18.7 Å². The molecular weight excluding hydrogens is 376 g/mol. The maximum absolute atomic E-state index is 12.6. The van der Waals surface area contributed by atoms with Crippen LogP contribution in [0.4, 0.5) is 5.82 Å². The number of ketones is 1. The number of Topliss-reactive ketones (excluding diaryl/α,β-unsaturated/α-hetero) is 1. The summed E-state index contributed by atoms with van der Waals surface area (Å²) in [6.07, 6.45) is 5.12. The smallest absolute Gasteiger partial charge is 0.343 e. The van der Waals surface area contributed by atoms with Crippen LogP contribution in [0.1, 0.15) is 65.4 Å². The highest BCUT2D eigenvalue weighted by Crippen LogP contribution is 2.29. The zero-order chi connectivity index (χ0) is 21.2. The van der Waals surface area contributed by atoms with Gasteiger partial charge in [-0.3, -0.25) is 15.3 Å². The fourth-order valence-corrected chi connectivity index (χ4v) is 2.78.